The molecule has 5 aromatic rings. The molecule has 0 bridgehead atoms. The SMILES string of the molecule is CCCCc1cc(C)c(-c2c[n+]3c4c5c(cccc5c5ccccc5n24)C(C)(CC)C3(C)CC)c(C)c1. The van der Waals surface area contributed by atoms with Crippen molar-refractivity contribution in [3.05, 3.63) is 83.0 Å². The molecule has 0 saturated heterocycles. The van der Waals surface area contributed by atoms with Crippen LogP contribution in [0.1, 0.15) is 82.6 Å². The van der Waals surface area contributed by atoms with Gasteiger partial charge in [-0.05, 0) is 74.8 Å². The van der Waals surface area contributed by atoms with Crippen LogP contribution >= 0.6 is 0 Å². The Morgan fingerprint density at radius 3 is 2.22 bits per heavy atom. The van der Waals surface area contributed by atoms with Crippen LogP contribution in [0, 0.1) is 13.8 Å². The maximum absolute atomic E-state index is 2.66. The molecule has 0 aliphatic carbocycles. The van der Waals surface area contributed by atoms with Gasteiger partial charge in [-0.25, -0.2) is 4.57 Å². The van der Waals surface area contributed by atoms with Gasteiger partial charge in [0.15, 0.2) is 5.69 Å². The third kappa shape index (κ3) is 3.08. The molecule has 0 amide bonds. The average molecular weight is 490 g/mol. The first kappa shape index (κ1) is 24.2. The molecule has 6 rings (SSSR count). The third-order valence-electron chi connectivity index (χ3n) is 10.0. The van der Waals surface area contributed by atoms with Crippen LogP contribution in [0.5, 0.6) is 0 Å². The number of aryl methyl sites for hydroxylation is 3. The molecule has 0 saturated carbocycles. The highest BCUT2D eigenvalue weighted by Gasteiger charge is 2.54. The summed E-state index contributed by atoms with van der Waals surface area (Å²) in [6.45, 7) is 16.6. The molecular formula is C35H41N2+. The molecule has 3 aromatic carbocycles. The highest BCUT2D eigenvalue weighted by atomic mass is 15.2. The molecule has 1 aliphatic rings. The summed E-state index contributed by atoms with van der Waals surface area (Å²) in [6.07, 6.45) is 8.32. The maximum Gasteiger partial charge on any atom is 0.296 e. The standard InChI is InChI=1S/C35H41N2/c1-8-11-15-25-20-23(4)31(24(5)21-25)30-22-36-33-32-27(26-16-12-13-19-29(26)37(30)33)17-14-18-28(32)34(6,9-2)35(36,7)10-3/h12-14,16-22H,8-11,15H2,1-7H3/q+1. The summed E-state index contributed by atoms with van der Waals surface area (Å²) in [5.41, 5.74) is 11.1. The van der Waals surface area contributed by atoms with Crippen molar-refractivity contribution in [1.29, 1.82) is 0 Å². The average Bonchev–Trinajstić information content (AvgIpc) is 3.31. The van der Waals surface area contributed by atoms with E-state index in [1.54, 1.807) is 0 Å². The topological polar surface area (TPSA) is 8.29 Å². The van der Waals surface area contributed by atoms with E-state index in [1.807, 2.05) is 0 Å². The molecule has 190 valence electrons. The second kappa shape index (κ2) is 8.45. The summed E-state index contributed by atoms with van der Waals surface area (Å²) < 4.78 is 5.25. The molecule has 2 aromatic heterocycles. The monoisotopic (exact) mass is 489 g/mol. The Hall–Kier alpha value is -3.13. The number of rotatable bonds is 6. The largest absolute Gasteiger partial charge is 0.296 e. The fourth-order valence-corrected chi connectivity index (χ4v) is 7.54. The number of fused-ring (bicyclic) bond motifs is 3. The van der Waals surface area contributed by atoms with Gasteiger partial charge in [-0.2, -0.15) is 4.40 Å². The zero-order valence-electron chi connectivity index (χ0n) is 23.7. The molecule has 2 heteroatoms. The van der Waals surface area contributed by atoms with Gasteiger partial charge in [-0.3, -0.25) is 0 Å². The van der Waals surface area contributed by atoms with Crippen molar-refractivity contribution >= 4 is 27.3 Å². The van der Waals surface area contributed by atoms with Gasteiger partial charge in [-0.15, -0.1) is 0 Å². The predicted molar refractivity (Wildman–Crippen MR) is 158 cm³/mol. The van der Waals surface area contributed by atoms with Crippen molar-refractivity contribution in [2.45, 2.75) is 91.5 Å². The minimum absolute atomic E-state index is 0.0299. The number of imidazole rings is 1. The highest BCUT2D eigenvalue weighted by Crippen LogP contribution is 2.51. The molecule has 0 fully saturated rings. The lowest BCUT2D eigenvalue weighted by Crippen LogP contribution is -2.65. The van der Waals surface area contributed by atoms with Gasteiger partial charge in [-0.1, -0.05) is 82.6 Å². The molecule has 1 aliphatic heterocycles. The van der Waals surface area contributed by atoms with Crippen molar-refractivity contribution in [2.75, 3.05) is 0 Å². The lowest BCUT2D eigenvalue weighted by Gasteiger charge is -2.46. The lowest BCUT2D eigenvalue weighted by atomic mass is 9.62. The first-order valence-electron chi connectivity index (χ1n) is 14.3. The van der Waals surface area contributed by atoms with Crippen LogP contribution in [0.3, 0.4) is 0 Å². The Morgan fingerprint density at radius 1 is 0.838 bits per heavy atom. The van der Waals surface area contributed by atoms with Gasteiger partial charge in [0.1, 0.15) is 17.3 Å². The summed E-state index contributed by atoms with van der Waals surface area (Å²) in [7, 11) is 0. The smallest absolute Gasteiger partial charge is 0.223 e. The first-order valence-corrected chi connectivity index (χ1v) is 14.3. The molecule has 0 radical (unpaired) electrons. The summed E-state index contributed by atoms with van der Waals surface area (Å²) >= 11 is 0. The normalized spacial score (nSPS) is 21.1. The van der Waals surface area contributed by atoms with Crippen LogP contribution in [0.25, 0.3) is 38.6 Å². The number of pyridine rings is 1. The molecule has 0 spiro atoms. The van der Waals surface area contributed by atoms with Crippen molar-refractivity contribution in [2.24, 2.45) is 0 Å². The van der Waals surface area contributed by atoms with E-state index < -0.39 is 0 Å². The Bertz CT molecular complexity index is 1660. The zero-order chi connectivity index (χ0) is 26.1. The van der Waals surface area contributed by atoms with E-state index in [0.29, 0.717) is 0 Å². The summed E-state index contributed by atoms with van der Waals surface area (Å²) in [5.74, 6) is 0. The molecular weight excluding hydrogens is 448 g/mol. The van der Waals surface area contributed by atoms with Crippen LogP contribution in [0.2, 0.25) is 0 Å². The van der Waals surface area contributed by atoms with Gasteiger partial charge in [0, 0.05) is 21.8 Å². The van der Waals surface area contributed by atoms with Gasteiger partial charge in [0.25, 0.3) is 5.65 Å². The number of benzene rings is 3. The molecule has 2 nitrogen and oxygen atoms in total. The third-order valence-corrected chi connectivity index (χ3v) is 10.0. The predicted octanol–water partition coefficient (Wildman–Crippen LogP) is 8.97. The molecule has 2 unspecified atom stereocenters. The van der Waals surface area contributed by atoms with E-state index in [1.165, 1.54) is 73.7 Å². The molecule has 37 heavy (non-hydrogen) atoms. The summed E-state index contributed by atoms with van der Waals surface area (Å²) in [6, 6.07) is 20.9. The lowest BCUT2D eigenvalue weighted by molar-refractivity contribution is -0.750. The van der Waals surface area contributed by atoms with Crippen LogP contribution in [-0.4, -0.2) is 4.40 Å². The van der Waals surface area contributed by atoms with Crippen LogP contribution in [0.4, 0.5) is 0 Å². The van der Waals surface area contributed by atoms with Crippen molar-refractivity contribution in [1.82, 2.24) is 4.40 Å². The van der Waals surface area contributed by atoms with E-state index in [0.717, 1.165) is 19.3 Å². The van der Waals surface area contributed by atoms with E-state index in [4.69, 9.17) is 0 Å². The second-order valence-electron chi connectivity index (χ2n) is 11.8. The minimum Gasteiger partial charge on any atom is -0.223 e. The zero-order valence-corrected chi connectivity index (χ0v) is 23.7. The number of hydrogen-bond acceptors (Lipinski definition) is 0. The van der Waals surface area contributed by atoms with Crippen molar-refractivity contribution in [3.8, 4) is 11.3 Å². The number of nitrogens with zero attached hydrogens (tertiary/aromatic N) is 2. The number of unbranched alkanes of at least 4 members (excludes halogenated alkanes) is 1. The second-order valence-corrected chi connectivity index (χ2v) is 11.8. The Balaban J connectivity index is 1.82. The minimum atomic E-state index is -0.0299. The van der Waals surface area contributed by atoms with E-state index in [9.17, 15) is 0 Å². The van der Waals surface area contributed by atoms with E-state index in [2.05, 4.69) is 118 Å². The van der Waals surface area contributed by atoms with E-state index >= 15 is 0 Å². The van der Waals surface area contributed by atoms with Crippen LogP contribution in [0.15, 0.2) is 60.8 Å². The Morgan fingerprint density at radius 2 is 1.54 bits per heavy atom. The maximum atomic E-state index is 2.66. The van der Waals surface area contributed by atoms with Crippen molar-refractivity contribution < 1.29 is 4.57 Å². The number of aromatic nitrogens is 2. The fourth-order valence-electron chi connectivity index (χ4n) is 7.54. The Labute approximate surface area is 222 Å². The van der Waals surface area contributed by atoms with Gasteiger partial charge in [0.2, 0.25) is 0 Å². The van der Waals surface area contributed by atoms with E-state index in [-0.39, 0.29) is 11.0 Å². The molecule has 2 atom stereocenters. The summed E-state index contributed by atoms with van der Waals surface area (Å²) in [4.78, 5) is 0. The molecule has 0 N–H and O–H groups in total. The highest BCUT2D eigenvalue weighted by molar-refractivity contribution is 6.13. The van der Waals surface area contributed by atoms with Gasteiger partial charge >= 0.3 is 0 Å². The van der Waals surface area contributed by atoms with Gasteiger partial charge in [0.05, 0.1) is 5.39 Å². The fraction of sp³-hybridized carbons (Fsp3) is 0.400. The Kier molecular flexibility index (Phi) is 5.53. The van der Waals surface area contributed by atoms with Crippen molar-refractivity contribution in [3.63, 3.8) is 0 Å². The van der Waals surface area contributed by atoms with Crippen LogP contribution in [-0.2, 0) is 17.4 Å². The van der Waals surface area contributed by atoms with Gasteiger partial charge < -0.3 is 0 Å². The van der Waals surface area contributed by atoms with Crippen LogP contribution < -0.4 is 4.57 Å². The summed E-state index contributed by atoms with van der Waals surface area (Å²) in [5, 5.41) is 4.14. The first-order chi connectivity index (χ1) is 17.8. The number of hydrogen-bond donors (Lipinski definition) is 0. The quantitative estimate of drug-likeness (QED) is 0.166. The number of para-hydroxylation sites is 1. The molecule has 3 heterocycles.